The van der Waals surface area contributed by atoms with Crippen molar-refractivity contribution < 1.29 is 22.2 Å². The zero-order valence-electron chi connectivity index (χ0n) is 13.2. The molecule has 136 valence electrons. The zero-order chi connectivity index (χ0) is 18.5. The average molecular weight is 383 g/mol. The maximum Gasteiger partial charge on any atom is 0.433 e. The highest BCUT2D eigenvalue weighted by molar-refractivity contribution is 7.93. The molecule has 1 amide bonds. The Hall–Kier alpha value is -2.53. The van der Waals surface area contributed by atoms with Crippen LogP contribution >= 0.6 is 0 Å². The van der Waals surface area contributed by atoms with Crippen LogP contribution < -0.4 is 4.72 Å². The number of alkyl halides is 3. The van der Waals surface area contributed by atoms with Crippen molar-refractivity contribution in [1.82, 2.24) is 24.4 Å². The first kappa shape index (κ1) is 16.9. The molecule has 4 rings (SSSR count). The predicted molar refractivity (Wildman–Crippen MR) is 85.0 cm³/mol. The zero-order valence-corrected chi connectivity index (χ0v) is 14.0. The molecule has 0 aromatic carbocycles. The van der Waals surface area contributed by atoms with E-state index in [0.717, 1.165) is 17.3 Å². The first-order valence-electron chi connectivity index (χ1n) is 7.56. The largest absolute Gasteiger partial charge is 0.433 e. The van der Waals surface area contributed by atoms with Crippen LogP contribution in [0.4, 0.5) is 13.2 Å². The third-order valence-electron chi connectivity index (χ3n) is 4.09. The quantitative estimate of drug-likeness (QED) is 0.867. The van der Waals surface area contributed by atoms with Crippen LogP contribution in [0.5, 0.6) is 0 Å². The number of hydrogen-bond donors (Lipinski definition) is 1. The molecule has 4 heterocycles. The molecule has 0 radical (unpaired) electrons. The van der Waals surface area contributed by atoms with Gasteiger partial charge in [-0.25, -0.2) is 8.89 Å². The van der Waals surface area contributed by atoms with E-state index in [9.17, 15) is 22.2 Å². The number of rotatable bonds is 3. The summed E-state index contributed by atoms with van der Waals surface area (Å²) in [6.45, 7) is 1.44. The van der Waals surface area contributed by atoms with Gasteiger partial charge in [0, 0.05) is 37.5 Å². The van der Waals surface area contributed by atoms with Gasteiger partial charge in [0.2, 0.25) is 0 Å². The molecular formula is C15H12F3N5O2S. The first-order valence-corrected chi connectivity index (χ1v) is 8.71. The van der Waals surface area contributed by atoms with Crippen LogP contribution in [0.1, 0.15) is 22.5 Å². The molecule has 26 heavy (non-hydrogen) atoms. The number of nitrogens with zero attached hydrogens (tertiary/aromatic N) is 4. The van der Waals surface area contributed by atoms with E-state index >= 15 is 0 Å². The van der Waals surface area contributed by atoms with Crippen LogP contribution in [-0.4, -0.2) is 29.8 Å². The monoisotopic (exact) mass is 383 g/mol. The molecule has 0 fully saturated rings. The fourth-order valence-electron chi connectivity index (χ4n) is 2.94. The molecular weight excluding hydrogens is 371 g/mol. The van der Waals surface area contributed by atoms with E-state index in [0.29, 0.717) is 25.2 Å². The standard InChI is InChI=1S/C15H12F3N5O2S/c16-15(17,18)12-2-1-9(4-19-12)6-22-7-10-5-20-23(11(10)8-22)14-3-13(24)21-26(14)25/h1-5H,6-8H2,(H,21,24). The summed E-state index contributed by atoms with van der Waals surface area (Å²) in [7, 11) is -1.65. The molecule has 0 aliphatic carbocycles. The number of hydrogen-bond acceptors (Lipinski definition) is 5. The average Bonchev–Trinajstić information content (AvgIpc) is 3.21. The molecule has 1 atom stereocenters. The molecule has 2 aromatic heterocycles. The molecule has 0 spiro atoms. The van der Waals surface area contributed by atoms with Crippen molar-refractivity contribution in [3.8, 4) is 0 Å². The number of pyridine rings is 1. The van der Waals surface area contributed by atoms with Gasteiger partial charge in [-0.1, -0.05) is 6.07 Å². The van der Waals surface area contributed by atoms with Gasteiger partial charge in [-0.15, -0.1) is 0 Å². The topological polar surface area (TPSA) is 80.1 Å². The minimum atomic E-state index is -4.46. The number of carbonyl (C=O) groups is 1. The van der Waals surface area contributed by atoms with Gasteiger partial charge in [-0.3, -0.25) is 19.4 Å². The van der Waals surface area contributed by atoms with E-state index in [1.54, 1.807) is 6.20 Å². The molecule has 1 N–H and O–H groups in total. The van der Waals surface area contributed by atoms with E-state index in [2.05, 4.69) is 14.8 Å². The second-order valence-corrected chi connectivity index (χ2v) is 7.10. The Morgan fingerprint density at radius 3 is 2.65 bits per heavy atom. The molecule has 7 nitrogen and oxygen atoms in total. The van der Waals surface area contributed by atoms with E-state index in [4.69, 9.17) is 0 Å². The molecule has 11 heteroatoms. The van der Waals surface area contributed by atoms with Gasteiger partial charge < -0.3 is 0 Å². The number of nitrogens with one attached hydrogen (secondary N) is 1. The van der Waals surface area contributed by atoms with Crippen molar-refractivity contribution in [2.75, 3.05) is 0 Å². The van der Waals surface area contributed by atoms with Gasteiger partial charge in [-0.2, -0.15) is 18.3 Å². The Morgan fingerprint density at radius 1 is 1.23 bits per heavy atom. The van der Waals surface area contributed by atoms with Gasteiger partial charge in [-0.05, 0) is 11.6 Å². The van der Waals surface area contributed by atoms with Crippen molar-refractivity contribution in [2.45, 2.75) is 25.8 Å². The second kappa shape index (κ2) is 6.02. The third-order valence-corrected chi connectivity index (χ3v) is 5.15. The number of carbonyl (C=O) groups excluding carboxylic acids is 1. The Kier molecular flexibility index (Phi) is 3.92. The first-order chi connectivity index (χ1) is 12.3. The Bertz CT molecular complexity index is 936. The Labute approximate surface area is 148 Å². The van der Waals surface area contributed by atoms with Gasteiger partial charge in [0.1, 0.15) is 5.69 Å². The molecule has 2 aromatic rings. The maximum atomic E-state index is 12.6. The summed E-state index contributed by atoms with van der Waals surface area (Å²) in [5.41, 5.74) is 1.46. The predicted octanol–water partition coefficient (Wildman–Crippen LogP) is 1.40. The molecule has 0 saturated heterocycles. The smallest absolute Gasteiger partial charge is 0.289 e. The van der Waals surface area contributed by atoms with Crippen LogP contribution in [0.25, 0.3) is 5.03 Å². The highest BCUT2D eigenvalue weighted by atomic mass is 32.2. The van der Waals surface area contributed by atoms with Crippen LogP contribution in [0.3, 0.4) is 0 Å². The number of amides is 1. The number of aromatic nitrogens is 3. The van der Waals surface area contributed by atoms with E-state index < -0.39 is 28.8 Å². The lowest BCUT2D eigenvalue weighted by Gasteiger charge is -2.16. The fourth-order valence-corrected chi connectivity index (χ4v) is 3.82. The van der Waals surface area contributed by atoms with Gasteiger partial charge in [0.15, 0.2) is 16.0 Å². The summed E-state index contributed by atoms with van der Waals surface area (Å²) in [5, 5.41) is 4.46. The lowest BCUT2D eigenvalue weighted by molar-refractivity contribution is -0.141. The van der Waals surface area contributed by atoms with E-state index in [-0.39, 0.29) is 5.03 Å². The molecule has 2 aliphatic heterocycles. The van der Waals surface area contributed by atoms with Gasteiger partial charge in [0.05, 0.1) is 11.9 Å². The van der Waals surface area contributed by atoms with Crippen molar-refractivity contribution in [1.29, 1.82) is 0 Å². The van der Waals surface area contributed by atoms with Crippen LogP contribution in [0, 0.1) is 0 Å². The highest BCUT2D eigenvalue weighted by Crippen LogP contribution is 2.29. The minimum absolute atomic E-state index is 0.272. The highest BCUT2D eigenvalue weighted by Gasteiger charge is 2.32. The molecule has 0 bridgehead atoms. The summed E-state index contributed by atoms with van der Waals surface area (Å²) in [6.07, 6.45) is -0.357. The summed E-state index contributed by atoms with van der Waals surface area (Å²) in [4.78, 5) is 16.8. The third kappa shape index (κ3) is 3.03. The summed E-state index contributed by atoms with van der Waals surface area (Å²) < 4.78 is 53.4. The number of halogens is 3. The van der Waals surface area contributed by atoms with Crippen molar-refractivity contribution in [2.24, 2.45) is 0 Å². The van der Waals surface area contributed by atoms with Crippen LogP contribution in [0.15, 0.2) is 30.6 Å². The molecule has 0 saturated carbocycles. The Balaban J connectivity index is 1.49. The lowest BCUT2D eigenvalue weighted by atomic mass is 10.2. The van der Waals surface area contributed by atoms with Gasteiger partial charge in [0.25, 0.3) is 5.91 Å². The SMILES string of the molecule is O=C1C=C(n2ncc3c2CN(Cc2ccc(C(F)(F)F)nc2)C3)S(=O)N1. The van der Waals surface area contributed by atoms with Gasteiger partial charge >= 0.3 is 6.18 Å². The van der Waals surface area contributed by atoms with Crippen molar-refractivity contribution in [3.63, 3.8) is 0 Å². The minimum Gasteiger partial charge on any atom is -0.289 e. The normalized spacial score (nSPS) is 20.2. The molecule has 2 aliphatic rings. The number of fused-ring (bicyclic) bond motifs is 1. The molecule has 1 unspecified atom stereocenters. The van der Waals surface area contributed by atoms with Crippen molar-refractivity contribution >= 4 is 21.9 Å². The van der Waals surface area contributed by atoms with E-state index in [1.165, 1.54) is 23.0 Å². The maximum absolute atomic E-state index is 12.6. The lowest BCUT2D eigenvalue weighted by Crippen LogP contribution is -2.20. The summed E-state index contributed by atoms with van der Waals surface area (Å²) in [6, 6.07) is 2.37. The van der Waals surface area contributed by atoms with Crippen molar-refractivity contribution in [3.05, 3.63) is 53.1 Å². The fraction of sp³-hybridized carbons (Fsp3) is 0.267. The summed E-state index contributed by atoms with van der Waals surface area (Å²) in [5.74, 6) is -0.437. The Morgan fingerprint density at radius 2 is 2.04 bits per heavy atom. The second-order valence-electron chi connectivity index (χ2n) is 5.94. The summed E-state index contributed by atoms with van der Waals surface area (Å²) >= 11 is 0. The van der Waals surface area contributed by atoms with E-state index in [1.807, 2.05) is 4.90 Å². The van der Waals surface area contributed by atoms with Crippen LogP contribution in [-0.2, 0) is 41.6 Å². The van der Waals surface area contributed by atoms with Crippen LogP contribution in [0.2, 0.25) is 0 Å².